The number of nitrogens with one attached hydrogen (secondary N) is 1. The van der Waals surface area contributed by atoms with E-state index in [9.17, 15) is 9.18 Å². The number of hydrogen-bond acceptors (Lipinski definition) is 9. The maximum absolute atomic E-state index is 14.4. The van der Waals surface area contributed by atoms with Crippen LogP contribution in [0.2, 0.25) is 0 Å². The van der Waals surface area contributed by atoms with Crippen LogP contribution in [0.4, 0.5) is 21.2 Å². The van der Waals surface area contributed by atoms with Gasteiger partial charge in [0.25, 0.3) is 0 Å². The molecule has 0 atom stereocenters. The van der Waals surface area contributed by atoms with Crippen LogP contribution in [0.1, 0.15) is 25.3 Å². The van der Waals surface area contributed by atoms with Crippen LogP contribution in [0.5, 0.6) is 0 Å². The smallest absolute Gasteiger partial charge is 0.223 e. The number of pyridine rings is 1. The van der Waals surface area contributed by atoms with Gasteiger partial charge in [-0.2, -0.15) is 5.10 Å². The first-order valence-corrected chi connectivity index (χ1v) is 13.7. The maximum Gasteiger partial charge on any atom is 0.223 e. The summed E-state index contributed by atoms with van der Waals surface area (Å²) in [5.74, 6) is 0.699. The van der Waals surface area contributed by atoms with E-state index in [4.69, 9.17) is 15.8 Å². The van der Waals surface area contributed by atoms with Crippen molar-refractivity contribution in [2.24, 2.45) is 0 Å². The molecule has 1 saturated heterocycles. The van der Waals surface area contributed by atoms with E-state index in [0.29, 0.717) is 34.2 Å². The molecule has 1 aliphatic rings. The Morgan fingerprint density at radius 1 is 1.07 bits per heavy atom. The summed E-state index contributed by atoms with van der Waals surface area (Å²) < 4.78 is 17.0. The van der Waals surface area contributed by atoms with Crippen molar-refractivity contribution in [2.75, 3.05) is 29.0 Å². The third-order valence-electron chi connectivity index (χ3n) is 7.10. The molecule has 0 bridgehead atoms. The van der Waals surface area contributed by atoms with Crippen molar-refractivity contribution in [3.63, 3.8) is 0 Å². The Kier molecular flexibility index (Phi) is 5.77. The zero-order valence-corrected chi connectivity index (χ0v) is 22.4. The Balaban J connectivity index is 1.36. The predicted octanol–water partition coefficient (Wildman–Crippen LogP) is 4.98. The van der Waals surface area contributed by atoms with Gasteiger partial charge in [-0.15, -0.1) is 0 Å². The van der Waals surface area contributed by atoms with Gasteiger partial charge in [-0.25, -0.2) is 29.0 Å². The minimum absolute atomic E-state index is 0.176. The van der Waals surface area contributed by atoms with Gasteiger partial charge in [0, 0.05) is 31.0 Å². The van der Waals surface area contributed by atoms with Gasteiger partial charge < -0.3 is 16.0 Å². The van der Waals surface area contributed by atoms with E-state index in [1.165, 1.54) is 36.7 Å². The van der Waals surface area contributed by atoms with Crippen LogP contribution in [0.15, 0.2) is 48.8 Å². The Morgan fingerprint density at radius 3 is 2.73 bits per heavy atom. The number of anilines is 3. The Labute approximate surface area is 231 Å². The van der Waals surface area contributed by atoms with Crippen molar-refractivity contribution in [3.05, 3.63) is 60.2 Å². The van der Waals surface area contributed by atoms with Gasteiger partial charge in [0.05, 0.1) is 27.7 Å². The summed E-state index contributed by atoms with van der Waals surface area (Å²) in [7, 11) is 0. The first-order valence-electron chi connectivity index (χ1n) is 12.9. The molecule has 1 amide bonds. The normalized spacial score (nSPS) is 13.6. The van der Waals surface area contributed by atoms with Crippen LogP contribution in [0, 0.1) is 5.82 Å². The van der Waals surface area contributed by atoms with E-state index in [-0.39, 0.29) is 11.7 Å². The van der Waals surface area contributed by atoms with Crippen molar-refractivity contribution in [1.29, 1.82) is 0 Å². The largest absolute Gasteiger partial charge is 0.383 e. The molecule has 1 fully saturated rings. The number of thiazole rings is 1. The van der Waals surface area contributed by atoms with E-state index >= 15 is 0 Å². The average molecular weight is 554 g/mol. The molecule has 0 unspecified atom stereocenters. The number of nitrogens with zero attached hydrogens (tertiary/aromatic N) is 7. The molecule has 0 spiro atoms. The minimum atomic E-state index is -0.321. The molecule has 6 aromatic rings. The number of benzene rings is 2. The van der Waals surface area contributed by atoms with E-state index in [0.717, 1.165) is 64.0 Å². The summed E-state index contributed by atoms with van der Waals surface area (Å²) in [6.07, 6.45) is 3.67. The molecule has 5 heterocycles. The predicted molar refractivity (Wildman–Crippen MR) is 155 cm³/mol. The molecule has 1 aliphatic heterocycles. The molecule has 0 radical (unpaired) electrons. The van der Waals surface area contributed by atoms with Gasteiger partial charge in [0.15, 0.2) is 10.8 Å². The molecule has 7 rings (SSSR count). The van der Waals surface area contributed by atoms with Crippen molar-refractivity contribution >= 4 is 66.2 Å². The lowest BCUT2D eigenvalue weighted by Gasteiger charge is -2.19. The molecular weight excluding hydrogens is 529 g/mol. The summed E-state index contributed by atoms with van der Waals surface area (Å²) in [4.78, 5) is 31.8. The second kappa shape index (κ2) is 9.49. The zero-order valence-electron chi connectivity index (χ0n) is 21.6. The number of halogens is 1. The van der Waals surface area contributed by atoms with Gasteiger partial charge in [0.1, 0.15) is 29.5 Å². The summed E-state index contributed by atoms with van der Waals surface area (Å²) in [6, 6.07) is 12.5. The van der Waals surface area contributed by atoms with E-state index in [1.807, 2.05) is 24.3 Å². The quantitative estimate of drug-likeness (QED) is 0.306. The van der Waals surface area contributed by atoms with Crippen LogP contribution in [-0.2, 0) is 11.3 Å². The number of nitrogen functional groups attached to an aromatic ring is 1. The highest BCUT2D eigenvalue weighted by molar-refractivity contribution is 7.22. The lowest BCUT2D eigenvalue weighted by Crippen LogP contribution is -2.19. The number of carbonyl (C=O) groups is 1. The Hall–Kier alpha value is -4.71. The van der Waals surface area contributed by atoms with Gasteiger partial charge in [0.2, 0.25) is 5.91 Å². The highest BCUT2D eigenvalue weighted by Crippen LogP contribution is 2.35. The number of fused-ring (bicyclic) bond motifs is 3. The van der Waals surface area contributed by atoms with Crippen molar-refractivity contribution in [2.45, 2.75) is 26.3 Å². The standard InChI is InChI=1S/C28H24FN9OS/c1-15(39)33-28-35-21-6-4-16(10-22(21)40-28)25-24-26(30)31-14-32-27(24)38(36-25)13-17-11-23(37-8-2-3-9-37)34-20-7-5-18(29)12-19(17)20/h4-7,10-12,14H,2-3,8-9,13H2,1H3,(H2,30,31,32)(H,33,35,39). The number of amides is 1. The van der Waals surface area contributed by atoms with Crippen LogP contribution in [-0.4, -0.2) is 48.7 Å². The first kappa shape index (κ1) is 24.3. The van der Waals surface area contributed by atoms with Crippen LogP contribution >= 0.6 is 11.3 Å². The molecule has 3 N–H and O–H groups in total. The van der Waals surface area contributed by atoms with E-state index in [1.54, 1.807) is 10.7 Å². The molecule has 40 heavy (non-hydrogen) atoms. The molecule has 4 aromatic heterocycles. The third-order valence-corrected chi connectivity index (χ3v) is 8.03. The second-order valence-corrected chi connectivity index (χ2v) is 10.9. The number of carbonyl (C=O) groups excluding carboxylic acids is 1. The highest BCUT2D eigenvalue weighted by Gasteiger charge is 2.21. The van der Waals surface area contributed by atoms with Crippen LogP contribution < -0.4 is 16.0 Å². The van der Waals surface area contributed by atoms with Gasteiger partial charge >= 0.3 is 0 Å². The van der Waals surface area contributed by atoms with E-state index in [2.05, 4.69) is 25.2 Å². The van der Waals surface area contributed by atoms with Crippen molar-refractivity contribution in [3.8, 4) is 11.3 Å². The second-order valence-electron chi connectivity index (χ2n) is 9.84. The van der Waals surface area contributed by atoms with Crippen molar-refractivity contribution in [1.82, 2.24) is 29.7 Å². The highest BCUT2D eigenvalue weighted by atomic mass is 32.1. The molecular formula is C28H24FN9OS. The molecule has 2 aromatic carbocycles. The zero-order chi connectivity index (χ0) is 27.4. The fourth-order valence-corrected chi connectivity index (χ4v) is 6.22. The van der Waals surface area contributed by atoms with Crippen LogP contribution in [0.3, 0.4) is 0 Å². The molecule has 0 saturated carbocycles. The summed E-state index contributed by atoms with van der Waals surface area (Å²) in [6.45, 7) is 3.68. The summed E-state index contributed by atoms with van der Waals surface area (Å²) >= 11 is 1.38. The molecule has 12 heteroatoms. The number of rotatable bonds is 5. The molecule has 10 nitrogen and oxygen atoms in total. The third kappa shape index (κ3) is 4.26. The van der Waals surface area contributed by atoms with E-state index < -0.39 is 0 Å². The Morgan fingerprint density at radius 2 is 1.90 bits per heavy atom. The maximum atomic E-state index is 14.4. The number of nitrogens with two attached hydrogens (primary N) is 1. The number of hydrogen-bond donors (Lipinski definition) is 2. The van der Waals surface area contributed by atoms with Gasteiger partial charge in [-0.05, 0) is 54.8 Å². The summed E-state index contributed by atoms with van der Waals surface area (Å²) in [5, 5.41) is 9.59. The molecule has 0 aliphatic carbocycles. The number of aromatic nitrogens is 6. The monoisotopic (exact) mass is 553 g/mol. The lowest BCUT2D eigenvalue weighted by atomic mass is 10.1. The minimum Gasteiger partial charge on any atom is -0.383 e. The molecule has 200 valence electrons. The Bertz CT molecular complexity index is 1940. The fraction of sp³-hybridized carbons (Fsp3) is 0.214. The fourth-order valence-electron chi connectivity index (χ4n) is 5.27. The van der Waals surface area contributed by atoms with Crippen LogP contribution in [0.25, 0.3) is 43.4 Å². The van der Waals surface area contributed by atoms with Crippen molar-refractivity contribution < 1.29 is 9.18 Å². The first-order chi connectivity index (χ1) is 19.4. The van der Waals surface area contributed by atoms with Gasteiger partial charge in [-0.3, -0.25) is 4.79 Å². The van der Waals surface area contributed by atoms with Gasteiger partial charge in [-0.1, -0.05) is 17.4 Å². The topological polar surface area (TPSA) is 128 Å². The SMILES string of the molecule is CC(=O)Nc1nc2ccc(-c3nn(Cc4cc(N5CCCC5)nc5ccc(F)cc45)c4ncnc(N)c34)cc2s1. The average Bonchev–Trinajstić information content (AvgIpc) is 3.67. The summed E-state index contributed by atoms with van der Waals surface area (Å²) in [5.41, 5.74) is 10.8. The lowest BCUT2D eigenvalue weighted by molar-refractivity contribution is -0.114.